The summed E-state index contributed by atoms with van der Waals surface area (Å²) in [6.45, 7) is 7.61. The topological polar surface area (TPSA) is 89.6 Å². The van der Waals surface area contributed by atoms with Gasteiger partial charge in [-0.3, -0.25) is 9.59 Å². The molecule has 0 aliphatic carbocycles. The maximum absolute atomic E-state index is 11.1. The summed E-state index contributed by atoms with van der Waals surface area (Å²) < 4.78 is 5.59. The lowest BCUT2D eigenvalue weighted by Gasteiger charge is -2.27. The van der Waals surface area contributed by atoms with Crippen molar-refractivity contribution in [1.82, 2.24) is 0 Å². The second-order valence-electron chi connectivity index (χ2n) is 5.50. The number of carboxylic acids is 1. The van der Waals surface area contributed by atoms with Crippen LogP contribution in [-0.2, 0) is 14.3 Å². The highest BCUT2D eigenvalue weighted by atomic mass is 16.5. The third kappa shape index (κ3) is 6.94. The normalized spacial score (nSPS) is 12.5. The second-order valence-corrected chi connectivity index (χ2v) is 5.50. The van der Waals surface area contributed by atoms with E-state index in [2.05, 4.69) is 0 Å². The Balaban J connectivity index is 4.02. The number of carbonyl (C=O) groups excluding carboxylic acids is 1. The quantitative estimate of drug-likeness (QED) is 0.679. The second kappa shape index (κ2) is 6.00. The van der Waals surface area contributed by atoms with Crippen LogP contribution in [-0.4, -0.2) is 29.2 Å². The monoisotopic (exact) mass is 245 g/mol. The average Bonchev–Trinajstić information content (AvgIpc) is 2.14. The summed E-state index contributed by atoms with van der Waals surface area (Å²) >= 11 is 0. The minimum atomic E-state index is -0.834. The van der Waals surface area contributed by atoms with Gasteiger partial charge in [-0.2, -0.15) is 0 Å². The zero-order valence-corrected chi connectivity index (χ0v) is 11.1. The van der Waals surface area contributed by atoms with Crippen molar-refractivity contribution >= 4 is 11.9 Å². The molecular weight excluding hydrogens is 222 g/mol. The molecule has 0 unspecified atom stereocenters. The number of aliphatic carboxylic acids is 1. The summed E-state index contributed by atoms with van der Waals surface area (Å²) in [5.74, 6) is -1.19. The van der Waals surface area contributed by atoms with E-state index in [1.54, 1.807) is 13.8 Å². The molecule has 0 aromatic heterocycles. The molecule has 5 nitrogen and oxygen atoms in total. The van der Waals surface area contributed by atoms with Gasteiger partial charge in [0.25, 0.3) is 0 Å². The molecule has 100 valence electrons. The molecule has 0 aromatic carbocycles. The Kier molecular flexibility index (Phi) is 5.61. The number of rotatable bonds is 8. The van der Waals surface area contributed by atoms with Gasteiger partial charge in [0.05, 0.1) is 5.60 Å². The minimum absolute atomic E-state index is 0.0756. The third-order valence-corrected chi connectivity index (χ3v) is 2.83. The number of hydrogen-bond donors (Lipinski definition) is 2. The van der Waals surface area contributed by atoms with Crippen LogP contribution in [0.5, 0.6) is 0 Å². The maximum Gasteiger partial charge on any atom is 0.303 e. The zero-order chi connectivity index (χ0) is 13.7. The van der Waals surface area contributed by atoms with Gasteiger partial charge in [-0.05, 0) is 26.7 Å². The van der Waals surface area contributed by atoms with Crippen LogP contribution in [0.4, 0.5) is 0 Å². The Labute approximate surface area is 102 Å². The molecule has 0 aliphatic heterocycles. The smallest absolute Gasteiger partial charge is 0.303 e. The van der Waals surface area contributed by atoms with Gasteiger partial charge in [-0.15, -0.1) is 0 Å². The maximum atomic E-state index is 11.1. The van der Waals surface area contributed by atoms with Crippen molar-refractivity contribution in [1.29, 1.82) is 0 Å². The molecular formula is C12H23NO4. The zero-order valence-electron chi connectivity index (χ0n) is 11.1. The first-order valence-corrected chi connectivity index (χ1v) is 5.72. The summed E-state index contributed by atoms with van der Waals surface area (Å²) in [5.41, 5.74) is 4.16. The van der Waals surface area contributed by atoms with E-state index in [4.69, 9.17) is 15.6 Å². The van der Waals surface area contributed by atoms with Crippen LogP contribution in [0.15, 0.2) is 0 Å². The first-order chi connectivity index (χ1) is 7.57. The molecule has 0 aromatic rings. The molecule has 0 bridgehead atoms. The predicted octanol–water partition coefficient (Wildman–Crippen LogP) is 1.55. The number of ether oxygens (including phenoxy) is 1. The molecule has 0 heterocycles. The van der Waals surface area contributed by atoms with E-state index >= 15 is 0 Å². The van der Waals surface area contributed by atoms with E-state index in [1.165, 1.54) is 0 Å². The molecule has 17 heavy (non-hydrogen) atoms. The molecule has 0 radical (unpaired) electrons. The number of amides is 1. The number of carboxylic acid groups (broad SMARTS) is 1. The van der Waals surface area contributed by atoms with Gasteiger partial charge < -0.3 is 15.6 Å². The SMILES string of the molecule is CC(C)(CCC(=O)O)OCCC(C)(C)C(N)=O. The predicted molar refractivity (Wildman–Crippen MR) is 64.5 cm³/mol. The van der Waals surface area contributed by atoms with E-state index in [0.717, 1.165) is 0 Å². The van der Waals surface area contributed by atoms with Gasteiger partial charge in [0.1, 0.15) is 0 Å². The average molecular weight is 245 g/mol. The van der Waals surface area contributed by atoms with E-state index < -0.39 is 17.0 Å². The largest absolute Gasteiger partial charge is 0.481 e. The van der Waals surface area contributed by atoms with Gasteiger partial charge in [0.2, 0.25) is 5.91 Å². The van der Waals surface area contributed by atoms with Crippen LogP contribution in [0.3, 0.4) is 0 Å². The van der Waals surface area contributed by atoms with Crippen LogP contribution in [0.25, 0.3) is 0 Å². The van der Waals surface area contributed by atoms with Gasteiger partial charge in [0.15, 0.2) is 0 Å². The first-order valence-electron chi connectivity index (χ1n) is 5.72. The van der Waals surface area contributed by atoms with Crippen molar-refractivity contribution in [2.24, 2.45) is 11.1 Å². The lowest BCUT2D eigenvalue weighted by Crippen LogP contribution is -2.34. The Morgan fingerprint density at radius 3 is 2.12 bits per heavy atom. The van der Waals surface area contributed by atoms with Crippen LogP contribution >= 0.6 is 0 Å². The fourth-order valence-corrected chi connectivity index (χ4v) is 1.19. The molecule has 3 N–H and O–H groups in total. The van der Waals surface area contributed by atoms with Crippen molar-refractivity contribution in [3.63, 3.8) is 0 Å². The van der Waals surface area contributed by atoms with E-state index in [9.17, 15) is 9.59 Å². The summed E-state index contributed by atoms with van der Waals surface area (Å²) in [7, 11) is 0. The fraction of sp³-hybridized carbons (Fsp3) is 0.833. The molecule has 0 spiro atoms. The molecule has 0 rings (SSSR count). The first kappa shape index (κ1) is 15.9. The van der Waals surface area contributed by atoms with E-state index in [1.807, 2.05) is 13.8 Å². The van der Waals surface area contributed by atoms with E-state index in [-0.39, 0.29) is 12.3 Å². The van der Waals surface area contributed by atoms with Crippen LogP contribution < -0.4 is 5.73 Å². The van der Waals surface area contributed by atoms with E-state index in [0.29, 0.717) is 19.4 Å². The molecule has 0 fully saturated rings. The number of carbonyl (C=O) groups is 2. The Hall–Kier alpha value is -1.10. The lowest BCUT2D eigenvalue weighted by atomic mass is 9.89. The Morgan fingerprint density at radius 2 is 1.71 bits per heavy atom. The number of hydrogen-bond acceptors (Lipinski definition) is 3. The Morgan fingerprint density at radius 1 is 1.18 bits per heavy atom. The highest BCUT2D eigenvalue weighted by molar-refractivity contribution is 5.79. The van der Waals surface area contributed by atoms with Crippen molar-refractivity contribution in [3.8, 4) is 0 Å². The van der Waals surface area contributed by atoms with Gasteiger partial charge in [-0.25, -0.2) is 0 Å². The van der Waals surface area contributed by atoms with Crippen LogP contribution in [0, 0.1) is 5.41 Å². The van der Waals surface area contributed by atoms with Crippen LogP contribution in [0.1, 0.15) is 47.0 Å². The summed E-state index contributed by atoms with van der Waals surface area (Å²) in [4.78, 5) is 21.5. The van der Waals surface area contributed by atoms with Crippen molar-refractivity contribution in [3.05, 3.63) is 0 Å². The van der Waals surface area contributed by atoms with Gasteiger partial charge in [-0.1, -0.05) is 13.8 Å². The van der Waals surface area contributed by atoms with Crippen molar-refractivity contribution in [2.45, 2.75) is 52.6 Å². The summed E-state index contributed by atoms with van der Waals surface area (Å²) in [6, 6.07) is 0. The highest BCUT2D eigenvalue weighted by Gasteiger charge is 2.26. The third-order valence-electron chi connectivity index (χ3n) is 2.83. The summed E-state index contributed by atoms with van der Waals surface area (Å²) in [5, 5.41) is 8.59. The number of primary amides is 1. The Bertz CT molecular complexity index is 284. The highest BCUT2D eigenvalue weighted by Crippen LogP contribution is 2.23. The lowest BCUT2D eigenvalue weighted by molar-refractivity contribution is -0.139. The van der Waals surface area contributed by atoms with Crippen molar-refractivity contribution < 1.29 is 19.4 Å². The molecule has 0 saturated carbocycles. The molecule has 0 atom stereocenters. The standard InChI is InChI=1S/C12H23NO4/c1-11(2,10(13)16)7-8-17-12(3,4)6-5-9(14)15/h5-8H2,1-4H3,(H2,13,16)(H,14,15). The molecule has 0 saturated heterocycles. The summed E-state index contributed by atoms with van der Waals surface area (Å²) in [6.07, 6.45) is 1.05. The molecule has 0 aliphatic rings. The van der Waals surface area contributed by atoms with Crippen molar-refractivity contribution in [2.75, 3.05) is 6.61 Å². The van der Waals surface area contributed by atoms with Gasteiger partial charge in [0, 0.05) is 18.4 Å². The fourth-order valence-electron chi connectivity index (χ4n) is 1.19. The number of nitrogens with two attached hydrogens (primary N) is 1. The van der Waals surface area contributed by atoms with Crippen LogP contribution in [0.2, 0.25) is 0 Å². The molecule has 5 heteroatoms. The molecule has 1 amide bonds. The van der Waals surface area contributed by atoms with Gasteiger partial charge >= 0.3 is 5.97 Å². The minimum Gasteiger partial charge on any atom is -0.481 e.